The topological polar surface area (TPSA) is 105 Å². The van der Waals surface area contributed by atoms with Crippen LogP contribution in [0.4, 0.5) is 0 Å². The van der Waals surface area contributed by atoms with Crippen molar-refractivity contribution < 1.29 is 9.84 Å². The van der Waals surface area contributed by atoms with E-state index in [4.69, 9.17) is 10.1 Å². The van der Waals surface area contributed by atoms with E-state index in [-0.39, 0.29) is 24.5 Å². The molecule has 1 heterocycles. The highest BCUT2D eigenvalue weighted by molar-refractivity contribution is 5.97. The lowest BCUT2D eigenvalue weighted by Crippen LogP contribution is -2.51. The molecule has 30 heavy (non-hydrogen) atoms. The van der Waals surface area contributed by atoms with E-state index in [0.29, 0.717) is 23.5 Å². The Kier molecular flexibility index (Phi) is 9.21. The van der Waals surface area contributed by atoms with Gasteiger partial charge in [0.25, 0.3) is 0 Å². The molecule has 0 aromatic rings. The van der Waals surface area contributed by atoms with Gasteiger partial charge in [0.2, 0.25) is 5.96 Å². The summed E-state index contributed by atoms with van der Waals surface area (Å²) in [6.07, 6.45) is 15.6. The number of aliphatic imine (C=N–C) groups is 1. The molecule has 0 amide bonds. The lowest BCUT2D eigenvalue weighted by molar-refractivity contribution is 0.208. The van der Waals surface area contributed by atoms with Crippen LogP contribution in [0.25, 0.3) is 0 Å². The molecule has 5 N–H and O–H groups in total. The van der Waals surface area contributed by atoms with Gasteiger partial charge in [-0.1, -0.05) is 50.0 Å². The number of methoxy groups -OCH3 is 1. The second-order valence-electron chi connectivity index (χ2n) is 7.49. The minimum absolute atomic E-state index is 0.0171. The molecule has 0 saturated carbocycles. The third-order valence-corrected chi connectivity index (χ3v) is 5.01. The molecule has 0 radical (unpaired) electrons. The number of aliphatic hydroxyl groups excluding tert-OH is 1. The third-order valence-electron chi connectivity index (χ3n) is 5.01. The second-order valence-corrected chi connectivity index (χ2v) is 7.49. The Bertz CT molecular complexity index is 753. The molecule has 2 aliphatic rings. The van der Waals surface area contributed by atoms with Gasteiger partial charge in [0, 0.05) is 32.3 Å². The number of guanidine groups is 2. The van der Waals surface area contributed by atoms with Crippen LogP contribution in [0.15, 0.2) is 65.6 Å². The summed E-state index contributed by atoms with van der Waals surface area (Å²) < 4.78 is 5.06. The van der Waals surface area contributed by atoms with Gasteiger partial charge in [-0.15, -0.1) is 0 Å². The van der Waals surface area contributed by atoms with Gasteiger partial charge in [-0.2, -0.15) is 0 Å². The Balaban J connectivity index is 1.95. The van der Waals surface area contributed by atoms with Gasteiger partial charge in [0.1, 0.15) is 12.5 Å². The Hall–Kier alpha value is -3.00. The molecule has 8 heteroatoms. The van der Waals surface area contributed by atoms with Crippen molar-refractivity contribution >= 4 is 11.9 Å². The Morgan fingerprint density at radius 2 is 2.30 bits per heavy atom. The number of allylic oxidation sites excluding steroid dienone is 4. The first-order valence-corrected chi connectivity index (χ1v) is 10.1. The van der Waals surface area contributed by atoms with E-state index in [9.17, 15) is 5.11 Å². The maximum absolute atomic E-state index is 9.57. The second kappa shape index (κ2) is 11.9. The summed E-state index contributed by atoms with van der Waals surface area (Å²) in [5, 5.41) is 27.7. The van der Waals surface area contributed by atoms with Crippen molar-refractivity contribution in [3.05, 3.63) is 60.6 Å². The third kappa shape index (κ3) is 7.44. The average Bonchev–Trinajstić information content (AvgIpc) is 2.98. The molecule has 0 fully saturated rings. The van der Waals surface area contributed by atoms with Crippen molar-refractivity contribution in [3.63, 3.8) is 0 Å². The zero-order chi connectivity index (χ0) is 21.9. The summed E-state index contributed by atoms with van der Waals surface area (Å²) in [7, 11) is 3.47. The summed E-state index contributed by atoms with van der Waals surface area (Å²) in [5.74, 6) is 1.09. The quantitative estimate of drug-likeness (QED) is 0.249. The first-order chi connectivity index (χ1) is 14.4. The molecule has 0 aromatic heterocycles. The monoisotopic (exact) mass is 414 g/mol. The average molecular weight is 415 g/mol. The Labute approximate surface area is 179 Å². The molecule has 0 spiro atoms. The van der Waals surface area contributed by atoms with Crippen molar-refractivity contribution in [1.82, 2.24) is 20.9 Å². The number of nitrogens with one attached hydrogen (secondary N) is 4. The number of ether oxygens (including phenoxy) is 1. The SMILES string of the molecule is C=C(O)C1=CC=CC(NC(=NCOC)NC(=N)N(C)CC(C)C2CCC=CN2)C=C1. The highest BCUT2D eigenvalue weighted by Crippen LogP contribution is 2.14. The van der Waals surface area contributed by atoms with Crippen molar-refractivity contribution in [2.45, 2.75) is 31.8 Å². The summed E-state index contributed by atoms with van der Waals surface area (Å²) in [6, 6.07) is 0.241. The number of hydrogen-bond donors (Lipinski definition) is 5. The molecular weight excluding hydrogens is 380 g/mol. The zero-order valence-electron chi connectivity index (χ0n) is 18.1. The lowest BCUT2D eigenvalue weighted by Gasteiger charge is -2.31. The van der Waals surface area contributed by atoms with Gasteiger partial charge in [-0.25, -0.2) is 4.99 Å². The summed E-state index contributed by atoms with van der Waals surface area (Å²) >= 11 is 0. The lowest BCUT2D eigenvalue weighted by atomic mass is 9.95. The molecule has 0 bridgehead atoms. The minimum Gasteiger partial charge on any atom is -0.508 e. The maximum atomic E-state index is 9.57. The highest BCUT2D eigenvalue weighted by atomic mass is 16.5. The standard InChI is InChI=1S/C22H34N6O2/c1-16(20-10-5-6-13-24-20)14-28(3)21(23)27-22(25-15-30-4)26-19-9-7-8-18(11-12-19)17(2)29/h6-9,11-13,16,19-20,24,29H,2,5,10,14-15H2,1,3-4H3,(H3,23,25,26,27). The molecule has 0 aromatic carbocycles. The number of nitrogens with zero attached hydrogens (tertiary/aromatic N) is 2. The van der Waals surface area contributed by atoms with Crippen LogP contribution in [0.5, 0.6) is 0 Å². The number of rotatable bonds is 7. The fraction of sp³-hybridized carbons (Fsp3) is 0.455. The Morgan fingerprint density at radius 3 is 2.97 bits per heavy atom. The van der Waals surface area contributed by atoms with Gasteiger partial charge in [-0.3, -0.25) is 10.7 Å². The summed E-state index contributed by atoms with van der Waals surface area (Å²) in [4.78, 5) is 6.22. The summed E-state index contributed by atoms with van der Waals surface area (Å²) in [6.45, 7) is 6.65. The number of aliphatic hydroxyl groups is 1. The normalized spacial score (nSPS) is 21.8. The fourth-order valence-electron chi connectivity index (χ4n) is 3.24. The van der Waals surface area contributed by atoms with Gasteiger partial charge in [0.05, 0.1) is 6.04 Å². The Morgan fingerprint density at radius 1 is 1.50 bits per heavy atom. The van der Waals surface area contributed by atoms with Crippen LogP contribution in [-0.2, 0) is 4.74 Å². The van der Waals surface area contributed by atoms with E-state index >= 15 is 0 Å². The van der Waals surface area contributed by atoms with Gasteiger partial charge in [0.15, 0.2) is 5.96 Å². The van der Waals surface area contributed by atoms with Crippen LogP contribution in [0.3, 0.4) is 0 Å². The predicted octanol–water partition coefficient (Wildman–Crippen LogP) is 2.39. The smallest absolute Gasteiger partial charge is 0.201 e. The molecule has 1 aliphatic heterocycles. The first-order valence-electron chi connectivity index (χ1n) is 10.1. The molecule has 3 atom stereocenters. The summed E-state index contributed by atoms with van der Waals surface area (Å²) in [5.41, 5.74) is 0.645. The van der Waals surface area contributed by atoms with Gasteiger partial charge in [-0.05, 0) is 25.0 Å². The largest absolute Gasteiger partial charge is 0.508 e. The predicted molar refractivity (Wildman–Crippen MR) is 122 cm³/mol. The van der Waals surface area contributed by atoms with Crippen LogP contribution >= 0.6 is 0 Å². The van der Waals surface area contributed by atoms with Crippen LogP contribution in [0, 0.1) is 11.3 Å². The van der Waals surface area contributed by atoms with Crippen LogP contribution in [0.2, 0.25) is 0 Å². The molecule has 164 valence electrons. The van der Waals surface area contributed by atoms with Crippen LogP contribution in [-0.4, -0.2) is 61.4 Å². The molecular formula is C22H34N6O2. The molecule has 2 rings (SSSR count). The fourth-order valence-corrected chi connectivity index (χ4v) is 3.24. The van der Waals surface area contributed by atoms with E-state index < -0.39 is 0 Å². The van der Waals surface area contributed by atoms with Crippen LogP contribution < -0.4 is 16.0 Å². The van der Waals surface area contributed by atoms with E-state index in [0.717, 1.165) is 19.4 Å². The van der Waals surface area contributed by atoms with E-state index in [1.807, 2.05) is 36.4 Å². The number of hydrogen-bond acceptors (Lipinski definition) is 5. The van der Waals surface area contributed by atoms with Gasteiger partial charge < -0.3 is 25.4 Å². The van der Waals surface area contributed by atoms with Crippen molar-refractivity contribution in [3.8, 4) is 0 Å². The molecule has 8 nitrogen and oxygen atoms in total. The zero-order valence-corrected chi connectivity index (χ0v) is 18.1. The van der Waals surface area contributed by atoms with Gasteiger partial charge >= 0.3 is 0 Å². The highest BCUT2D eigenvalue weighted by Gasteiger charge is 2.20. The molecule has 0 saturated heterocycles. The maximum Gasteiger partial charge on any atom is 0.201 e. The van der Waals surface area contributed by atoms with Crippen molar-refractivity contribution in [1.29, 1.82) is 5.41 Å². The van der Waals surface area contributed by atoms with E-state index in [1.54, 1.807) is 19.3 Å². The molecule has 3 unspecified atom stereocenters. The van der Waals surface area contributed by atoms with E-state index in [1.165, 1.54) is 0 Å². The minimum atomic E-state index is -0.170. The van der Waals surface area contributed by atoms with E-state index in [2.05, 4.69) is 40.5 Å². The first kappa shape index (κ1) is 23.3. The van der Waals surface area contributed by atoms with Crippen molar-refractivity contribution in [2.75, 3.05) is 27.4 Å². The molecule has 1 aliphatic carbocycles. The van der Waals surface area contributed by atoms with Crippen LogP contribution in [0.1, 0.15) is 19.8 Å². The van der Waals surface area contributed by atoms with Crippen molar-refractivity contribution in [2.24, 2.45) is 10.9 Å².